The molecular weight excluding hydrogens is 319 g/mol. The maximum Gasteiger partial charge on any atom is 0.239 e. The van der Waals surface area contributed by atoms with Gasteiger partial charge in [-0.3, -0.25) is 4.79 Å². The predicted octanol–water partition coefficient (Wildman–Crippen LogP) is 2.23. The van der Waals surface area contributed by atoms with Crippen LogP contribution in [0.4, 0.5) is 10.1 Å². The lowest BCUT2D eigenvalue weighted by molar-refractivity contribution is -0.116. The SMILES string of the molecule is CS(=O)(=O)N(CC(=O)Nc1ccccc1)Cc1ccccc1F. The molecule has 2 aromatic rings. The van der Waals surface area contributed by atoms with Gasteiger partial charge in [-0.25, -0.2) is 12.8 Å². The van der Waals surface area contributed by atoms with Crippen LogP contribution in [-0.2, 0) is 21.4 Å². The number of hydrogen-bond donors (Lipinski definition) is 1. The minimum atomic E-state index is -3.66. The normalized spacial score (nSPS) is 11.4. The summed E-state index contributed by atoms with van der Waals surface area (Å²) in [6, 6.07) is 14.6. The molecule has 23 heavy (non-hydrogen) atoms. The summed E-state index contributed by atoms with van der Waals surface area (Å²) in [5.74, 6) is -0.998. The smallest absolute Gasteiger partial charge is 0.239 e. The van der Waals surface area contributed by atoms with Crippen LogP contribution in [0.25, 0.3) is 0 Å². The van der Waals surface area contributed by atoms with Crippen LogP contribution in [0.5, 0.6) is 0 Å². The molecule has 0 atom stereocenters. The summed E-state index contributed by atoms with van der Waals surface area (Å²) < 4.78 is 38.4. The molecule has 0 aliphatic rings. The lowest BCUT2D eigenvalue weighted by Crippen LogP contribution is -2.37. The molecule has 122 valence electrons. The van der Waals surface area contributed by atoms with E-state index in [1.54, 1.807) is 36.4 Å². The van der Waals surface area contributed by atoms with Gasteiger partial charge in [0.25, 0.3) is 0 Å². The van der Waals surface area contributed by atoms with Crippen LogP contribution in [0, 0.1) is 5.82 Å². The van der Waals surface area contributed by atoms with E-state index in [2.05, 4.69) is 5.32 Å². The van der Waals surface area contributed by atoms with Gasteiger partial charge in [-0.05, 0) is 18.2 Å². The van der Waals surface area contributed by atoms with E-state index in [0.717, 1.165) is 10.6 Å². The van der Waals surface area contributed by atoms with Gasteiger partial charge in [-0.2, -0.15) is 4.31 Å². The predicted molar refractivity (Wildman–Crippen MR) is 86.7 cm³/mol. The van der Waals surface area contributed by atoms with Crippen LogP contribution < -0.4 is 5.32 Å². The van der Waals surface area contributed by atoms with Gasteiger partial charge in [0.2, 0.25) is 15.9 Å². The third-order valence-electron chi connectivity index (χ3n) is 3.15. The molecule has 0 unspecified atom stereocenters. The van der Waals surface area contributed by atoms with Crippen molar-refractivity contribution in [1.82, 2.24) is 4.31 Å². The molecule has 0 aliphatic heterocycles. The van der Waals surface area contributed by atoms with Gasteiger partial charge in [0.1, 0.15) is 5.82 Å². The number of benzene rings is 2. The summed E-state index contributed by atoms with van der Waals surface area (Å²) in [6.07, 6.45) is 0.990. The zero-order valence-electron chi connectivity index (χ0n) is 12.6. The number of sulfonamides is 1. The molecule has 0 saturated carbocycles. The number of rotatable bonds is 6. The molecule has 0 aromatic heterocycles. The van der Waals surface area contributed by atoms with Crippen molar-refractivity contribution in [2.24, 2.45) is 0 Å². The number of amides is 1. The highest BCUT2D eigenvalue weighted by Crippen LogP contribution is 2.13. The first kappa shape index (κ1) is 17.1. The van der Waals surface area contributed by atoms with Gasteiger partial charge in [0, 0.05) is 17.8 Å². The van der Waals surface area contributed by atoms with E-state index in [4.69, 9.17) is 0 Å². The summed E-state index contributed by atoms with van der Waals surface area (Å²) in [4.78, 5) is 12.0. The van der Waals surface area contributed by atoms with Gasteiger partial charge < -0.3 is 5.32 Å². The Labute approximate surface area is 134 Å². The van der Waals surface area contributed by atoms with Crippen LogP contribution >= 0.6 is 0 Å². The van der Waals surface area contributed by atoms with Crippen LogP contribution in [0.15, 0.2) is 54.6 Å². The van der Waals surface area contributed by atoms with Gasteiger partial charge in [-0.1, -0.05) is 36.4 Å². The first-order chi connectivity index (χ1) is 10.9. The summed E-state index contributed by atoms with van der Waals surface area (Å²) in [5, 5.41) is 2.61. The molecule has 1 amide bonds. The Morgan fingerprint density at radius 3 is 2.30 bits per heavy atom. The molecule has 0 radical (unpaired) electrons. The number of para-hydroxylation sites is 1. The Morgan fingerprint density at radius 1 is 1.09 bits per heavy atom. The lowest BCUT2D eigenvalue weighted by atomic mass is 10.2. The highest BCUT2D eigenvalue weighted by atomic mass is 32.2. The van der Waals surface area contributed by atoms with Crippen molar-refractivity contribution in [3.05, 3.63) is 66.0 Å². The Hall–Kier alpha value is -2.25. The van der Waals surface area contributed by atoms with Crippen molar-refractivity contribution in [3.63, 3.8) is 0 Å². The molecular formula is C16H17FN2O3S. The van der Waals surface area contributed by atoms with Gasteiger partial charge in [-0.15, -0.1) is 0 Å². The Kier molecular flexibility index (Phi) is 5.46. The van der Waals surface area contributed by atoms with E-state index in [-0.39, 0.29) is 18.7 Å². The highest BCUT2D eigenvalue weighted by Gasteiger charge is 2.21. The molecule has 2 aromatic carbocycles. The number of carbonyl (C=O) groups is 1. The molecule has 5 nitrogen and oxygen atoms in total. The molecule has 7 heteroatoms. The minimum absolute atomic E-state index is 0.201. The van der Waals surface area contributed by atoms with Crippen molar-refractivity contribution in [2.45, 2.75) is 6.54 Å². The van der Waals surface area contributed by atoms with E-state index in [1.807, 2.05) is 0 Å². The largest absolute Gasteiger partial charge is 0.325 e. The molecule has 2 rings (SSSR count). The second kappa shape index (κ2) is 7.34. The Morgan fingerprint density at radius 2 is 1.70 bits per heavy atom. The molecule has 0 spiro atoms. The Balaban J connectivity index is 2.11. The first-order valence-electron chi connectivity index (χ1n) is 6.89. The second-order valence-corrected chi connectivity index (χ2v) is 7.02. The molecule has 0 bridgehead atoms. The topological polar surface area (TPSA) is 66.5 Å². The van der Waals surface area contributed by atoms with Gasteiger partial charge >= 0.3 is 0 Å². The molecule has 0 saturated heterocycles. The van der Waals surface area contributed by atoms with Crippen LogP contribution in [0.1, 0.15) is 5.56 Å². The minimum Gasteiger partial charge on any atom is -0.325 e. The third-order valence-corrected chi connectivity index (χ3v) is 4.35. The number of nitrogens with zero attached hydrogens (tertiary/aromatic N) is 1. The summed E-state index contributed by atoms with van der Waals surface area (Å²) >= 11 is 0. The molecule has 1 N–H and O–H groups in total. The zero-order valence-corrected chi connectivity index (χ0v) is 13.4. The number of nitrogens with one attached hydrogen (secondary N) is 1. The van der Waals surface area contributed by atoms with E-state index in [1.165, 1.54) is 18.2 Å². The van der Waals surface area contributed by atoms with E-state index in [0.29, 0.717) is 5.69 Å². The maximum absolute atomic E-state index is 13.7. The van der Waals surface area contributed by atoms with E-state index in [9.17, 15) is 17.6 Å². The fraction of sp³-hybridized carbons (Fsp3) is 0.188. The second-order valence-electron chi connectivity index (χ2n) is 5.04. The average Bonchev–Trinajstić information content (AvgIpc) is 2.48. The lowest BCUT2D eigenvalue weighted by Gasteiger charge is -2.20. The maximum atomic E-state index is 13.7. The number of anilines is 1. The van der Waals surface area contributed by atoms with Crippen molar-refractivity contribution >= 4 is 21.6 Å². The van der Waals surface area contributed by atoms with Gasteiger partial charge in [0.15, 0.2) is 0 Å². The van der Waals surface area contributed by atoms with Crippen molar-refractivity contribution < 1.29 is 17.6 Å². The average molecular weight is 336 g/mol. The number of hydrogen-bond acceptors (Lipinski definition) is 3. The van der Waals surface area contributed by atoms with Gasteiger partial charge in [0.05, 0.1) is 12.8 Å². The molecule has 0 fully saturated rings. The standard InChI is InChI=1S/C16H17FN2O3S/c1-23(21,22)19(11-13-7-5-6-10-15(13)17)12-16(20)18-14-8-3-2-4-9-14/h2-10H,11-12H2,1H3,(H,18,20). The highest BCUT2D eigenvalue weighted by molar-refractivity contribution is 7.88. The summed E-state index contributed by atoms with van der Waals surface area (Å²) in [5.41, 5.74) is 0.780. The zero-order chi connectivity index (χ0) is 16.9. The monoisotopic (exact) mass is 336 g/mol. The fourth-order valence-corrected chi connectivity index (χ4v) is 2.71. The van der Waals surface area contributed by atoms with Crippen molar-refractivity contribution in [1.29, 1.82) is 0 Å². The van der Waals surface area contributed by atoms with Crippen LogP contribution in [-0.4, -0.2) is 31.4 Å². The van der Waals surface area contributed by atoms with Crippen LogP contribution in [0.2, 0.25) is 0 Å². The Bertz CT molecular complexity index is 779. The quantitative estimate of drug-likeness (QED) is 0.880. The van der Waals surface area contributed by atoms with E-state index >= 15 is 0 Å². The third kappa shape index (κ3) is 5.15. The van der Waals surface area contributed by atoms with Crippen molar-refractivity contribution in [2.75, 3.05) is 18.1 Å². The number of halogens is 1. The molecule has 0 heterocycles. The number of carbonyl (C=O) groups excluding carboxylic acids is 1. The summed E-state index contributed by atoms with van der Waals surface area (Å²) in [7, 11) is -3.66. The fourth-order valence-electron chi connectivity index (χ4n) is 1.99. The van der Waals surface area contributed by atoms with Crippen molar-refractivity contribution in [3.8, 4) is 0 Å². The summed E-state index contributed by atoms with van der Waals surface area (Å²) in [6.45, 7) is -0.588. The molecule has 0 aliphatic carbocycles. The van der Waals surface area contributed by atoms with E-state index < -0.39 is 21.7 Å². The first-order valence-corrected chi connectivity index (χ1v) is 8.74. The van der Waals surface area contributed by atoms with Crippen LogP contribution in [0.3, 0.4) is 0 Å².